The number of benzene rings is 1. The molecule has 23 heavy (non-hydrogen) atoms. The molecule has 1 amide bonds. The number of amides is 1. The summed E-state index contributed by atoms with van der Waals surface area (Å²) >= 11 is 0. The summed E-state index contributed by atoms with van der Waals surface area (Å²) in [6.07, 6.45) is -4.57. The first-order valence-corrected chi connectivity index (χ1v) is 8.11. The molecule has 0 atom stereocenters. The molecule has 0 bridgehead atoms. The van der Waals surface area contributed by atoms with Gasteiger partial charge < -0.3 is 0 Å². The normalized spacial score (nSPS) is 21.7. The van der Waals surface area contributed by atoms with E-state index in [-0.39, 0.29) is 25.4 Å². The maximum atomic E-state index is 12.7. The average Bonchev–Trinajstić information content (AvgIpc) is 2.72. The molecule has 2 saturated heterocycles. The van der Waals surface area contributed by atoms with E-state index in [1.54, 1.807) is 0 Å². The van der Waals surface area contributed by atoms with Gasteiger partial charge in [-0.25, -0.2) is 13.5 Å². The Labute approximate surface area is 130 Å². The first-order valence-electron chi connectivity index (χ1n) is 6.67. The molecule has 0 N–H and O–H groups in total. The Morgan fingerprint density at radius 3 is 2.43 bits per heavy atom. The van der Waals surface area contributed by atoms with Crippen LogP contribution in [-0.4, -0.2) is 49.4 Å². The minimum absolute atomic E-state index is 0.0537. The second-order valence-corrected chi connectivity index (χ2v) is 7.58. The maximum absolute atomic E-state index is 12.7. The molecular formula is C13H13F3N2O4S. The highest BCUT2D eigenvalue weighted by Crippen LogP contribution is 2.39. The fourth-order valence-electron chi connectivity index (χ4n) is 2.68. The first kappa shape index (κ1) is 16.2. The minimum Gasteiger partial charge on any atom is -0.272 e. The number of carbonyl (C=O) groups is 1. The van der Waals surface area contributed by atoms with Gasteiger partial charge in [-0.1, -0.05) is 6.07 Å². The van der Waals surface area contributed by atoms with Crippen molar-refractivity contribution in [3.8, 4) is 0 Å². The molecule has 0 aliphatic carbocycles. The van der Waals surface area contributed by atoms with Crippen molar-refractivity contribution >= 4 is 15.9 Å². The van der Waals surface area contributed by atoms with Gasteiger partial charge in [0, 0.05) is 20.1 Å². The molecule has 2 heterocycles. The Balaban J connectivity index is 1.81. The van der Waals surface area contributed by atoms with Crippen LogP contribution in [0, 0.1) is 0 Å². The van der Waals surface area contributed by atoms with E-state index in [9.17, 15) is 26.4 Å². The van der Waals surface area contributed by atoms with E-state index in [0.29, 0.717) is 6.07 Å². The van der Waals surface area contributed by atoms with Crippen LogP contribution >= 0.6 is 0 Å². The van der Waals surface area contributed by atoms with Crippen LogP contribution in [0.1, 0.15) is 12.0 Å². The second-order valence-electron chi connectivity index (χ2n) is 5.64. The molecule has 126 valence electrons. The molecule has 0 saturated carbocycles. The van der Waals surface area contributed by atoms with Gasteiger partial charge in [0.05, 0.1) is 16.9 Å². The largest absolute Gasteiger partial charge is 0.416 e. The zero-order valence-electron chi connectivity index (χ0n) is 12.0. The molecule has 3 rings (SSSR count). The number of rotatable bonds is 2. The molecule has 0 radical (unpaired) electrons. The van der Waals surface area contributed by atoms with E-state index in [1.807, 2.05) is 0 Å². The summed E-state index contributed by atoms with van der Waals surface area (Å²) in [5.41, 5.74) is -1.93. The summed E-state index contributed by atoms with van der Waals surface area (Å²) < 4.78 is 63.9. The third kappa shape index (κ3) is 2.70. The van der Waals surface area contributed by atoms with Crippen LogP contribution in [0.3, 0.4) is 0 Å². The van der Waals surface area contributed by atoms with Crippen molar-refractivity contribution in [3.05, 3.63) is 29.8 Å². The van der Waals surface area contributed by atoms with Crippen molar-refractivity contribution in [2.45, 2.75) is 23.1 Å². The zero-order chi connectivity index (χ0) is 17.0. The Morgan fingerprint density at radius 2 is 1.91 bits per heavy atom. The van der Waals surface area contributed by atoms with Gasteiger partial charge in [0.25, 0.3) is 0 Å². The summed E-state index contributed by atoms with van der Waals surface area (Å²) in [6, 6.07) is 3.58. The van der Waals surface area contributed by atoms with Gasteiger partial charge in [-0.05, 0) is 18.2 Å². The van der Waals surface area contributed by atoms with Crippen LogP contribution in [0.25, 0.3) is 0 Å². The van der Waals surface area contributed by atoms with E-state index in [1.165, 1.54) is 7.05 Å². The summed E-state index contributed by atoms with van der Waals surface area (Å²) in [4.78, 5) is 16.4. The predicted molar refractivity (Wildman–Crippen MR) is 71.4 cm³/mol. The molecule has 0 unspecified atom stereocenters. The van der Waals surface area contributed by atoms with Gasteiger partial charge in [-0.15, -0.1) is 0 Å². The fourth-order valence-corrected chi connectivity index (χ4v) is 4.31. The molecule has 6 nitrogen and oxygen atoms in total. The summed E-state index contributed by atoms with van der Waals surface area (Å²) in [5, 5.41) is 1.05. The number of halogens is 3. The number of nitrogens with zero attached hydrogens (tertiary/aromatic N) is 2. The van der Waals surface area contributed by atoms with Gasteiger partial charge in [0.1, 0.15) is 5.60 Å². The molecule has 10 heteroatoms. The minimum atomic E-state index is -4.62. The van der Waals surface area contributed by atoms with Crippen LogP contribution in [0.15, 0.2) is 29.2 Å². The lowest BCUT2D eigenvalue weighted by molar-refractivity contribution is -0.214. The van der Waals surface area contributed by atoms with Crippen molar-refractivity contribution in [2.24, 2.45) is 0 Å². The van der Waals surface area contributed by atoms with Crippen molar-refractivity contribution < 1.29 is 31.2 Å². The van der Waals surface area contributed by atoms with Crippen LogP contribution in [-0.2, 0) is 25.8 Å². The number of carbonyl (C=O) groups excluding carboxylic acids is 1. The summed E-state index contributed by atoms with van der Waals surface area (Å²) in [7, 11) is -2.63. The van der Waals surface area contributed by atoms with Crippen molar-refractivity contribution in [3.63, 3.8) is 0 Å². The number of hydrogen-bond acceptors (Lipinski definition) is 4. The lowest BCUT2D eigenvalue weighted by atomic mass is 9.94. The molecule has 1 aromatic rings. The van der Waals surface area contributed by atoms with E-state index >= 15 is 0 Å². The number of hydrogen-bond donors (Lipinski definition) is 0. The molecular weight excluding hydrogens is 337 g/mol. The number of alkyl halides is 3. The molecule has 2 fully saturated rings. The molecule has 2 aliphatic rings. The lowest BCUT2D eigenvalue weighted by Crippen LogP contribution is -2.63. The standard InChI is InChI=1S/C13H13F3N2O4S/c1-17-11(19)6-12(22-17)7-18(8-12)23(20,21)10-4-2-3-9(5-10)13(14,15)16/h2-5H,6-8H2,1H3. The van der Waals surface area contributed by atoms with Crippen LogP contribution < -0.4 is 0 Å². The van der Waals surface area contributed by atoms with Crippen LogP contribution in [0.2, 0.25) is 0 Å². The van der Waals surface area contributed by atoms with Gasteiger partial charge in [-0.2, -0.15) is 17.5 Å². The van der Waals surface area contributed by atoms with Gasteiger partial charge in [0.15, 0.2) is 0 Å². The van der Waals surface area contributed by atoms with Gasteiger partial charge in [-0.3, -0.25) is 9.63 Å². The molecule has 2 aliphatic heterocycles. The lowest BCUT2D eigenvalue weighted by Gasteiger charge is -2.44. The fraction of sp³-hybridized carbons (Fsp3) is 0.462. The smallest absolute Gasteiger partial charge is 0.272 e. The monoisotopic (exact) mass is 350 g/mol. The summed E-state index contributed by atoms with van der Waals surface area (Å²) in [5.74, 6) is -0.263. The highest BCUT2D eigenvalue weighted by atomic mass is 32.2. The third-order valence-electron chi connectivity index (χ3n) is 3.88. The van der Waals surface area contributed by atoms with Crippen molar-refractivity contribution in [1.82, 2.24) is 9.37 Å². The Kier molecular flexibility index (Phi) is 3.47. The zero-order valence-corrected chi connectivity index (χ0v) is 12.8. The van der Waals surface area contributed by atoms with Crippen LogP contribution in [0.4, 0.5) is 13.2 Å². The Hall–Kier alpha value is -1.65. The number of hydroxylamine groups is 2. The molecule has 1 aromatic carbocycles. The SMILES string of the molecule is CN1OC2(CC1=O)CN(S(=O)(=O)c1cccc(C(F)(F)F)c1)C2. The topological polar surface area (TPSA) is 66.9 Å². The highest BCUT2D eigenvalue weighted by molar-refractivity contribution is 7.89. The predicted octanol–water partition coefficient (Wildman–Crippen LogP) is 1.24. The second kappa shape index (κ2) is 4.92. The van der Waals surface area contributed by atoms with Gasteiger partial charge >= 0.3 is 6.18 Å². The quantitative estimate of drug-likeness (QED) is 0.805. The Bertz CT molecular complexity index is 757. The van der Waals surface area contributed by atoms with E-state index in [4.69, 9.17) is 4.84 Å². The first-order chi connectivity index (χ1) is 10.5. The van der Waals surface area contributed by atoms with E-state index in [0.717, 1.165) is 27.6 Å². The maximum Gasteiger partial charge on any atom is 0.416 e. The third-order valence-corrected chi connectivity index (χ3v) is 5.67. The van der Waals surface area contributed by atoms with Crippen molar-refractivity contribution in [1.29, 1.82) is 0 Å². The van der Waals surface area contributed by atoms with Crippen LogP contribution in [0.5, 0.6) is 0 Å². The molecule has 0 aromatic heterocycles. The van der Waals surface area contributed by atoms with E-state index < -0.39 is 32.3 Å². The Morgan fingerprint density at radius 1 is 1.26 bits per heavy atom. The van der Waals surface area contributed by atoms with Crippen molar-refractivity contribution in [2.75, 3.05) is 20.1 Å². The highest BCUT2D eigenvalue weighted by Gasteiger charge is 2.56. The number of sulfonamides is 1. The average molecular weight is 350 g/mol. The molecule has 1 spiro atoms. The van der Waals surface area contributed by atoms with Gasteiger partial charge in [0.2, 0.25) is 15.9 Å². The van der Waals surface area contributed by atoms with E-state index in [2.05, 4.69) is 0 Å². The summed E-state index contributed by atoms with van der Waals surface area (Å²) in [6.45, 7) is -0.136.